The first-order chi connectivity index (χ1) is 7.82. The van der Waals surface area contributed by atoms with Crippen molar-refractivity contribution in [1.82, 2.24) is 9.97 Å². The van der Waals surface area contributed by atoms with Gasteiger partial charge >= 0.3 is 0 Å². The van der Waals surface area contributed by atoms with Crippen LogP contribution >= 0.6 is 11.6 Å². The van der Waals surface area contributed by atoms with Crippen molar-refractivity contribution in [3.8, 4) is 0 Å². The highest BCUT2D eigenvalue weighted by Gasteiger charge is 2.17. The van der Waals surface area contributed by atoms with Crippen LogP contribution in [0.5, 0.6) is 0 Å². The molecule has 0 radical (unpaired) electrons. The van der Waals surface area contributed by atoms with Crippen molar-refractivity contribution in [3.05, 3.63) is 16.5 Å². The SMILES string of the molecule is Cc1nc(Cl)c(C)c(N(C)C(C)CC(C)C)n1. The van der Waals surface area contributed by atoms with Crippen molar-refractivity contribution in [3.63, 3.8) is 0 Å². The number of hydrogen-bond acceptors (Lipinski definition) is 3. The van der Waals surface area contributed by atoms with Crippen molar-refractivity contribution in [2.45, 2.75) is 47.1 Å². The molecule has 0 amide bonds. The van der Waals surface area contributed by atoms with Crippen LogP contribution in [0.1, 0.15) is 38.6 Å². The third-order valence-corrected chi connectivity index (χ3v) is 3.35. The van der Waals surface area contributed by atoms with Crippen molar-refractivity contribution in [2.24, 2.45) is 5.92 Å². The van der Waals surface area contributed by atoms with E-state index in [1.54, 1.807) is 0 Å². The Balaban J connectivity index is 2.99. The second-order valence-corrected chi connectivity index (χ2v) is 5.46. The Morgan fingerprint density at radius 2 is 1.76 bits per heavy atom. The summed E-state index contributed by atoms with van der Waals surface area (Å²) in [5.41, 5.74) is 0.954. The molecule has 1 aromatic rings. The van der Waals surface area contributed by atoms with Gasteiger partial charge in [0.15, 0.2) is 0 Å². The normalized spacial score (nSPS) is 12.9. The Morgan fingerprint density at radius 3 is 2.29 bits per heavy atom. The van der Waals surface area contributed by atoms with Crippen molar-refractivity contribution >= 4 is 17.4 Å². The van der Waals surface area contributed by atoms with Gasteiger partial charge in [0.05, 0.1) is 0 Å². The Morgan fingerprint density at radius 1 is 1.18 bits per heavy atom. The summed E-state index contributed by atoms with van der Waals surface area (Å²) in [7, 11) is 2.07. The predicted octanol–water partition coefficient (Wildman–Crippen LogP) is 3.62. The monoisotopic (exact) mass is 255 g/mol. The zero-order valence-corrected chi connectivity index (χ0v) is 12.3. The Hall–Kier alpha value is -0.830. The summed E-state index contributed by atoms with van der Waals surface area (Å²) in [5, 5.41) is 0.552. The summed E-state index contributed by atoms with van der Waals surface area (Å²) in [6, 6.07) is 0.444. The average Bonchev–Trinajstić information content (AvgIpc) is 2.21. The highest BCUT2D eigenvalue weighted by Crippen LogP contribution is 2.25. The quantitative estimate of drug-likeness (QED) is 0.770. The Labute approximate surface area is 109 Å². The lowest BCUT2D eigenvalue weighted by atomic mass is 10.0. The van der Waals surface area contributed by atoms with E-state index in [9.17, 15) is 0 Å². The molecule has 0 saturated carbocycles. The first kappa shape index (κ1) is 14.2. The lowest BCUT2D eigenvalue weighted by Crippen LogP contribution is -2.31. The third kappa shape index (κ3) is 3.56. The molecule has 1 atom stereocenters. The zero-order valence-electron chi connectivity index (χ0n) is 11.6. The molecule has 0 saturated heterocycles. The number of anilines is 1. The Bertz CT molecular complexity index is 390. The molecular weight excluding hydrogens is 234 g/mol. The van der Waals surface area contributed by atoms with Crippen molar-refractivity contribution in [2.75, 3.05) is 11.9 Å². The summed E-state index contributed by atoms with van der Waals surface area (Å²) < 4.78 is 0. The molecule has 0 spiro atoms. The first-order valence-electron chi connectivity index (χ1n) is 6.06. The van der Waals surface area contributed by atoms with Crippen LogP contribution in [-0.4, -0.2) is 23.1 Å². The molecule has 17 heavy (non-hydrogen) atoms. The summed E-state index contributed by atoms with van der Waals surface area (Å²) in [6.45, 7) is 10.5. The lowest BCUT2D eigenvalue weighted by Gasteiger charge is -2.28. The van der Waals surface area contributed by atoms with E-state index in [0.717, 1.165) is 23.6 Å². The molecule has 0 aliphatic rings. The van der Waals surface area contributed by atoms with Gasteiger partial charge in [0.2, 0.25) is 0 Å². The van der Waals surface area contributed by atoms with Crippen molar-refractivity contribution < 1.29 is 0 Å². The zero-order chi connectivity index (χ0) is 13.2. The van der Waals surface area contributed by atoms with Crippen LogP contribution in [-0.2, 0) is 0 Å². The van der Waals surface area contributed by atoms with Gasteiger partial charge in [-0.1, -0.05) is 25.4 Å². The smallest absolute Gasteiger partial charge is 0.137 e. The fraction of sp³-hybridized carbons (Fsp3) is 0.692. The van der Waals surface area contributed by atoms with Crippen LogP contribution in [0.2, 0.25) is 5.15 Å². The van der Waals surface area contributed by atoms with Crippen LogP contribution in [0.4, 0.5) is 5.82 Å². The molecule has 0 aliphatic heterocycles. The molecule has 1 rings (SSSR count). The van der Waals surface area contributed by atoms with Gasteiger partial charge in [-0.25, -0.2) is 9.97 Å². The molecule has 0 bridgehead atoms. The van der Waals surface area contributed by atoms with Gasteiger partial charge in [-0.15, -0.1) is 0 Å². The maximum absolute atomic E-state index is 6.10. The van der Waals surface area contributed by atoms with Crippen LogP contribution in [0.25, 0.3) is 0 Å². The summed E-state index contributed by atoms with van der Waals surface area (Å²) in [6.07, 6.45) is 1.14. The van der Waals surface area contributed by atoms with Gasteiger partial charge in [-0.3, -0.25) is 0 Å². The third-order valence-electron chi connectivity index (χ3n) is 2.98. The van der Waals surface area contributed by atoms with E-state index in [-0.39, 0.29) is 0 Å². The molecule has 0 N–H and O–H groups in total. The minimum Gasteiger partial charge on any atom is -0.357 e. The lowest BCUT2D eigenvalue weighted by molar-refractivity contribution is 0.501. The number of hydrogen-bond donors (Lipinski definition) is 0. The average molecular weight is 256 g/mol. The Kier molecular flexibility index (Phi) is 4.75. The summed E-state index contributed by atoms with van der Waals surface area (Å²) in [5.74, 6) is 2.33. The van der Waals surface area contributed by atoms with E-state index < -0.39 is 0 Å². The molecule has 4 heteroatoms. The largest absolute Gasteiger partial charge is 0.357 e. The predicted molar refractivity (Wildman–Crippen MR) is 73.8 cm³/mol. The maximum Gasteiger partial charge on any atom is 0.137 e. The van der Waals surface area contributed by atoms with Crippen LogP contribution < -0.4 is 4.90 Å². The van der Waals surface area contributed by atoms with Crippen LogP contribution in [0.15, 0.2) is 0 Å². The number of aryl methyl sites for hydroxylation is 1. The highest BCUT2D eigenvalue weighted by molar-refractivity contribution is 6.30. The number of aromatic nitrogens is 2. The first-order valence-corrected chi connectivity index (χ1v) is 6.44. The fourth-order valence-corrected chi connectivity index (χ4v) is 2.18. The van der Waals surface area contributed by atoms with Gasteiger partial charge in [-0.05, 0) is 33.1 Å². The van der Waals surface area contributed by atoms with Gasteiger partial charge in [0, 0.05) is 18.7 Å². The molecule has 1 unspecified atom stereocenters. The standard InChI is InChI=1S/C13H22ClN3/c1-8(2)7-9(3)17(6)13-10(4)12(14)15-11(5)16-13/h8-9H,7H2,1-6H3. The molecule has 1 aromatic heterocycles. The molecule has 0 aromatic carbocycles. The van der Waals surface area contributed by atoms with Crippen molar-refractivity contribution in [1.29, 1.82) is 0 Å². The van der Waals surface area contributed by atoms with E-state index >= 15 is 0 Å². The van der Waals surface area contributed by atoms with Gasteiger partial charge in [0.25, 0.3) is 0 Å². The van der Waals surface area contributed by atoms with E-state index in [2.05, 4.69) is 42.7 Å². The highest BCUT2D eigenvalue weighted by atomic mass is 35.5. The van der Waals surface area contributed by atoms with Crippen LogP contribution in [0, 0.1) is 19.8 Å². The maximum atomic E-state index is 6.10. The van der Waals surface area contributed by atoms with Crippen LogP contribution in [0.3, 0.4) is 0 Å². The van der Waals surface area contributed by atoms with E-state index in [1.165, 1.54) is 0 Å². The van der Waals surface area contributed by atoms with E-state index in [4.69, 9.17) is 11.6 Å². The summed E-state index contributed by atoms with van der Waals surface area (Å²) in [4.78, 5) is 10.8. The second kappa shape index (κ2) is 5.67. The molecule has 96 valence electrons. The number of nitrogens with zero attached hydrogens (tertiary/aromatic N) is 3. The molecule has 3 nitrogen and oxygen atoms in total. The molecular formula is C13H22ClN3. The number of rotatable bonds is 4. The van der Waals surface area contributed by atoms with Gasteiger partial charge < -0.3 is 4.90 Å². The topological polar surface area (TPSA) is 29.0 Å². The molecule has 0 fully saturated rings. The minimum atomic E-state index is 0.444. The fourth-order valence-electron chi connectivity index (χ4n) is 1.97. The van der Waals surface area contributed by atoms with E-state index in [0.29, 0.717) is 17.1 Å². The van der Waals surface area contributed by atoms with Gasteiger partial charge in [-0.2, -0.15) is 0 Å². The minimum absolute atomic E-state index is 0.444. The molecule has 0 aliphatic carbocycles. The van der Waals surface area contributed by atoms with Gasteiger partial charge in [0.1, 0.15) is 16.8 Å². The number of halogens is 1. The summed E-state index contributed by atoms with van der Waals surface area (Å²) >= 11 is 6.10. The van der Waals surface area contributed by atoms with E-state index in [1.807, 2.05) is 13.8 Å². The molecule has 1 heterocycles. The second-order valence-electron chi connectivity index (χ2n) is 5.10.